The number of fused-ring (bicyclic) bond motifs is 2. The Kier molecular flexibility index (Phi) is 6.99. The molecule has 0 N–H and O–H groups in total. The van der Waals surface area contributed by atoms with E-state index in [1.54, 1.807) is 28.0 Å². The highest BCUT2D eigenvalue weighted by Crippen LogP contribution is 2.50. The molecule has 6 rings (SSSR count). The Bertz CT molecular complexity index is 1360. The SMILES string of the molecule is C=CC(=O)N1CCN2C(=O)c3c(N4CCC5(CCN(C)CC5)[C@@H]4C)nc(-c4ccccc4F)c(Cl)c3OC[C@H]2C1. The lowest BCUT2D eigenvalue weighted by molar-refractivity contribution is -0.128. The lowest BCUT2D eigenvalue weighted by Crippen LogP contribution is -2.57. The van der Waals surface area contributed by atoms with Crippen LogP contribution < -0.4 is 9.64 Å². The summed E-state index contributed by atoms with van der Waals surface area (Å²) in [5.41, 5.74) is 0.972. The maximum atomic E-state index is 15.1. The minimum atomic E-state index is -0.444. The summed E-state index contributed by atoms with van der Waals surface area (Å²) in [6.07, 6.45) is 4.43. The Morgan fingerprint density at radius 2 is 1.88 bits per heavy atom. The van der Waals surface area contributed by atoms with Crippen molar-refractivity contribution in [3.05, 3.63) is 53.3 Å². The highest BCUT2D eigenvalue weighted by atomic mass is 35.5. The van der Waals surface area contributed by atoms with Gasteiger partial charge in [-0.1, -0.05) is 30.3 Å². The van der Waals surface area contributed by atoms with Crippen molar-refractivity contribution in [2.45, 2.75) is 38.3 Å². The maximum Gasteiger partial charge on any atom is 0.261 e. The van der Waals surface area contributed by atoms with Crippen molar-refractivity contribution in [2.75, 3.05) is 57.8 Å². The number of anilines is 1. The third-order valence-electron chi connectivity index (χ3n) is 9.53. The molecule has 0 saturated carbocycles. The Labute approximate surface area is 239 Å². The number of hydrogen-bond acceptors (Lipinski definition) is 6. The summed E-state index contributed by atoms with van der Waals surface area (Å²) >= 11 is 6.92. The molecule has 4 aliphatic rings. The van der Waals surface area contributed by atoms with Gasteiger partial charge < -0.3 is 24.3 Å². The second kappa shape index (κ2) is 10.3. The number of carbonyl (C=O) groups is 2. The van der Waals surface area contributed by atoms with Gasteiger partial charge in [0.15, 0.2) is 5.75 Å². The van der Waals surface area contributed by atoms with Gasteiger partial charge in [0.1, 0.15) is 28.8 Å². The predicted octanol–water partition coefficient (Wildman–Crippen LogP) is 4.08. The van der Waals surface area contributed by atoms with Crippen LogP contribution in [0, 0.1) is 11.2 Å². The molecule has 10 heteroatoms. The molecule has 2 aromatic rings. The standard InChI is InChI=1S/C30H35ClFN5O3/c1-4-23(38)35-15-16-37-20(17-35)18-40-27-24(29(37)39)28(33-26(25(27)31)21-7-5-6-8-22(21)32)36-14-11-30(19(36)2)9-12-34(3)13-10-30/h4-8,19-20H,1,9-18H2,2-3H3/t19-,20+/m0/s1. The van der Waals surface area contributed by atoms with Crippen LogP contribution in [0.1, 0.15) is 36.5 Å². The number of benzene rings is 1. The molecule has 0 unspecified atom stereocenters. The summed E-state index contributed by atoms with van der Waals surface area (Å²) in [5.74, 6) is -0.103. The molecule has 3 fully saturated rings. The van der Waals surface area contributed by atoms with Crippen LogP contribution in [0.4, 0.5) is 10.2 Å². The molecule has 0 bridgehead atoms. The summed E-state index contributed by atoms with van der Waals surface area (Å²) in [6, 6.07) is 6.16. The number of hydrogen-bond donors (Lipinski definition) is 0. The molecule has 0 aliphatic carbocycles. The van der Waals surface area contributed by atoms with E-state index in [0.29, 0.717) is 31.0 Å². The molecule has 1 aromatic heterocycles. The molecule has 8 nitrogen and oxygen atoms in total. The average Bonchev–Trinajstić information content (AvgIpc) is 3.19. The average molecular weight is 568 g/mol. The van der Waals surface area contributed by atoms with E-state index in [1.165, 1.54) is 12.1 Å². The van der Waals surface area contributed by atoms with E-state index >= 15 is 4.39 Å². The number of likely N-dealkylation sites (tertiary alicyclic amines) is 1. The first-order chi connectivity index (χ1) is 19.2. The van der Waals surface area contributed by atoms with E-state index in [-0.39, 0.29) is 57.9 Å². The number of halogens is 2. The maximum absolute atomic E-state index is 15.1. The van der Waals surface area contributed by atoms with Crippen LogP contribution in [-0.4, -0.2) is 96.5 Å². The quantitative estimate of drug-likeness (QED) is 0.521. The number of carbonyl (C=O) groups excluding carboxylic acids is 2. The molecule has 2 atom stereocenters. The van der Waals surface area contributed by atoms with Gasteiger partial charge in [-0.15, -0.1) is 0 Å². The van der Waals surface area contributed by atoms with Crippen LogP contribution in [0.3, 0.4) is 0 Å². The first-order valence-corrected chi connectivity index (χ1v) is 14.4. The minimum absolute atomic E-state index is 0.118. The van der Waals surface area contributed by atoms with Crippen molar-refractivity contribution in [3.63, 3.8) is 0 Å². The smallest absolute Gasteiger partial charge is 0.261 e. The second-order valence-corrected chi connectivity index (χ2v) is 11.9. The van der Waals surface area contributed by atoms with Gasteiger partial charge in [0.2, 0.25) is 5.91 Å². The van der Waals surface area contributed by atoms with E-state index in [0.717, 1.165) is 38.9 Å². The monoisotopic (exact) mass is 567 g/mol. The first-order valence-electron chi connectivity index (χ1n) is 14.0. The van der Waals surface area contributed by atoms with Crippen LogP contribution in [0.2, 0.25) is 5.02 Å². The summed E-state index contributed by atoms with van der Waals surface area (Å²) in [5, 5.41) is 0.122. The van der Waals surface area contributed by atoms with Gasteiger partial charge in [0, 0.05) is 37.8 Å². The number of ether oxygens (including phenoxy) is 1. The summed E-state index contributed by atoms with van der Waals surface area (Å²) < 4.78 is 21.4. The number of rotatable bonds is 3. The zero-order valence-corrected chi connectivity index (χ0v) is 23.8. The molecule has 5 heterocycles. The number of piperazine rings is 1. The third-order valence-corrected chi connectivity index (χ3v) is 9.88. The largest absolute Gasteiger partial charge is 0.489 e. The number of piperidine rings is 1. The molecule has 40 heavy (non-hydrogen) atoms. The van der Waals surface area contributed by atoms with Crippen molar-refractivity contribution in [1.29, 1.82) is 0 Å². The van der Waals surface area contributed by atoms with Crippen LogP contribution in [-0.2, 0) is 4.79 Å². The molecule has 212 valence electrons. The molecular formula is C30H35ClFN5O3. The fourth-order valence-electron chi connectivity index (χ4n) is 6.91. The molecule has 0 radical (unpaired) electrons. The Hall–Kier alpha value is -3.17. The Balaban J connectivity index is 1.46. The summed E-state index contributed by atoms with van der Waals surface area (Å²) in [7, 11) is 2.15. The molecular weight excluding hydrogens is 533 g/mol. The van der Waals surface area contributed by atoms with Gasteiger partial charge in [-0.3, -0.25) is 9.59 Å². The van der Waals surface area contributed by atoms with Gasteiger partial charge in [-0.2, -0.15) is 0 Å². The third kappa shape index (κ3) is 4.34. The molecule has 4 aliphatic heterocycles. The van der Waals surface area contributed by atoms with Crippen molar-refractivity contribution in [1.82, 2.24) is 19.7 Å². The number of nitrogens with zero attached hydrogens (tertiary/aromatic N) is 5. The number of aromatic nitrogens is 1. The van der Waals surface area contributed by atoms with Crippen molar-refractivity contribution >= 4 is 29.2 Å². The van der Waals surface area contributed by atoms with E-state index in [9.17, 15) is 9.59 Å². The summed E-state index contributed by atoms with van der Waals surface area (Å²) in [6.45, 7) is 9.88. The highest BCUT2D eigenvalue weighted by molar-refractivity contribution is 6.35. The van der Waals surface area contributed by atoms with Gasteiger partial charge in [0.05, 0.1) is 11.7 Å². The molecule has 2 amide bonds. The lowest BCUT2D eigenvalue weighted by atomic mass is 9.73. The second-order valence-electron chi connectivity index (χ2n) is 11.5. The molecule has 1 aromatic carbocycles. The Morgan fingerprint density at radius 1 is 1.15 bits per heavy atom. The van der Waals surface area contributed by atoms with E-state index < -0.39 is 5.82 Å². The predicted molar refractivity (Wildman–Crippen MR) is 152 cm³/mol. The minimum Gasteiger partial charge on any atom is -0.489 e. The van der Waals surface area contributed by atoms with Gasteiger partial charge in [-0.25, -0.2) is 9.37 Å². The Morgan fingerprint density at radius 3 is 2.60 bits per heavy atom. The zero-order valence-electron chi connectivity index (χ0n) is 23.0. The fourth-order valence-corrected chi connectivity index (χ4v) is 7.21. The molecule has 1 spiro atoms. The van der Waals surface area contributed by atoms with Crippen LogP contribution >= 0.6 is 11.6 Å². The van der Waals surface area contributed by atoms with E-state index in [1.807, 2.05) is 0 Å². The first kappa shape index (κ1) is 27.0. The van der Waals surface area contributed by atoms with Crippen LogP contribution in [0.15, 0.2) is 36.9 Å². The topological polar surface area (TPSA) is 69.2 Å². The fraction of sp³-hybridized carbons (Fsp3) is 0.500. The summed E-state index contributed by atoms with van der Waals surface area (Å²) in [4.78, 5) is 39.6. The van der Waals surface area contributed by atoms with E-state index in [4.69, 9.17) is 21.3 Å². The number of pyridine rings is 1. The van der Waals surface area contributed by atoms with Gasteiger partial charge >= 0.3 is 0 Å². The van der Waals surface area contributed by atoms with Gasteiger partial charge in [0.25, 0.3) is 5.91 Å². The van der Waals surface area contributed by atoms with Crippen molar-refractivity contribution in [2.24, 2.45) is 5.41 Å². The van der Waals surface area contributed by atoms with Crippen LogP contribution in [0.25, 0.3) is 11.3 Å². The van der Waals surface area contributed by atoms with Crippen molar-refractivity contribution < 1.29 is 18.7 Å². The normalized spacial score (nSPS) is 24.4. The van der Waals surface area contributed by atoms with Crippen molar-refractivity contribution in [3.8, 4) is 17.0 Å². The molecule has 3 saturated heterocycles. The van der Waals surface area contributed by atoms with E-state index in [2.05, 4.69) is 30.4 Å². The van der Waals surface area contributed by atoms with Gasteiger partial charge in [-0.05, 0) is 69.9 Å². The highest BCUT2D eigenvalue weighted by Gasteiger charge is 2.49. The number of amides is 2. The lowest BCUT2D eigenvalue weighted by Gasteiger charge is -2.42. The zero-order chi connectivity index (χ0) is 28.2. The van der Waals surface area contributed by atoms with Crippen LogP contribution in [0.5, 0.6) is 5.75 Å².